The van der Waals surface area contributed by atoms with Crippen LogP contribution in [0.3, 0.4) is 0 Å². The van der Waals surface area contributed by atoms with Crippen LogP contribution in [0.1, 0.15) is 30.2 Å². The zero-order valence-electron chi connectivity index (χ0n) is 9.66. The summed E-state index contributed by atoms with van der Waals surface area (Å²) in [5.41, 5.74) is 1.32. The minimum atomic E-state index is 0.0882. The Bertz CT molecular complexity index is 362. The van der Waals surface area contributed by atoms with Crippen molar-refractivity contribution in [3.8, 4) is 0 Å². The maximum atomic E-state index is 11.8. The lowest BCUT2D eigenvalue weighted by Crippen LogP contribution is -2.42. The summed E-state index contributed by atoms with van der Waals surface area (Å²) in [6.07, 6.45) is 3.19. The van der Waals surface area contributed by atoms with Gasteiger partial charge in [0.15, 0.2) is 0 Å². The van der Waals surface area contributed by atoms with Gasteiger partial charge in [-0.3, -0.25) is 0 Å². The van der Waals surface area contributed by atoms with Crippen molar-refractivity contribution in [2.75, 3.05) is 13.1 Å². The topological polar surface area (TPSA) is 32.3 Å². The van der Waals surface area contributed by atoms with Crippen molar-refractivity contribution in [3.05, 3.63) is 21.9 Å². The molecule has 0 spiro atoms. The number of nitrogens with one attached hydrogen (secondary N) is 1. The van der Waals surface area contributed by atoms with Crippen LogP contribution in [-0.4, -0.2) is 24.0 Å². The summed E-state index contributed by atoms with van der Waals surface area (Å²) in [5, 5.41) is 5.08. The molecule has 0 saturated carbocycles. The van der Waals surface area contributed by atoms with E-state index in [9.17, 15) is 4.79 Å². The van der Waals surface area contributed by atoms with Crippen LogP contribution in [0.15, 0.2) is 11.4 Å². The van der Waals surface area contributed by atoms with Crippen molar-refractivity contribution in [1.29, 1.82) is 0 Å². The second-order valence-electron chi connectivity index (χ2n) is 4.13. The number of urea groups is 1. The van der Waals surface area contributed by atoms with E-state index >= 15 is 0 Å². The average molecular weight is 238 g/mol. The van der Waals surface area contributed by atoms with Crippen molar-refractivity contribution in [2.24, 2.45) is 0 Å². The molecule has 0 saturated heterocycles. The Kier molecular flexibility index (Phi) is 3.83. The number of hydrogen-bond donors (Lipinski definition) is 1. The molecule has 1 N–H and O–H groups in total. The first-order valence-electron chi connectivity index (χ1n) is 5.89. The van der Waals surface area contributed by atoms with Gasteiger partial charge in [-0.2, -0.15) is 0 Å². The molecule has 2 amide bonds. The molecule has 0 atom stereocenters. The smallest absolute Gasteiger partial charge is 0.317 e. The molecule has 4 heteroatoms. The van der Waals surface area contributed by atoms with Crippen molar-refractivity contribution >= 4 is 17.4 Å². The number of carbonyl (C=O) groups is 1. The van der Waals surface area contributed by atoms with Gasteiger partial charge in [-0.05, 0) is 29.9 Å². The van der Waals surface area contributed by atoms with Gasteiger partial charge in [-0.15, -0.1) is 11.3 Å². The number of amides is 2. The highest BCUT2D eigenvalue weighted by atomic mass is 32.1. The fourth-order valence-electron chi connectivity index (χ4n) is 1.91. The molecular weight excluding hydrogens is 220 g/mol. The highest BCUT2D eigenvalue weighted by Crippen LogP contribution is 2.23. The van der Waals surface area contributed by atoms with E-state index in [0.717, 1.165) is 38.9 Å². The van der Waals surface area contributed by atoms with E-state index in [1.165, 1.54) is 10.4 Å². The van der Waals surface area contributed by atoms with Gasteiger partial charge in [0, 0.05) is 24.5 Å². The normalized spacial score (nSPS) is 14.7. The van der Waals surface area contributed by atoms with Crippen LogP contribution in [0, 0.1) is 0 Å². The van der Waals surface area contributed by atoms with Gasteiger partial charge >= 0.3 is 6.03 Å². The summed E-state index contributed by atoms with van der Waals surface area (Å²) in [4.78, 5) is 15.2. The van der Waals surface area contributed by atoms with Crippen LogP contribution in [0.4, 0.5) is 4.79 Å². The minimum absolute atomic E-state index is 0.0882. The molecule has 88 valence electrons. The molecule has 0 unspecified atom stereocenters. The Hall–Kier alpha value is -1.03. The zero-order valence-corrected chi connectivity index (χ0v) is 10.5. The van der Waals surface area contributed by atoms with Crippen LogP contribution in [0.5, 0.6) is 0 Å². The molecule has 2 rings (SSSR count). The fourth-order valence-corrected chi connectivity index (χ4v) is 2.80. The molecule has 1 aromatic rings. The average Bonchev–Trinajstić information content (AvgIpc) is 2.76. The lowest BCUT2D eigenvalue weighted by atomic mass is 10.1. The third-order valence-corrected chi connectivity index (χ3v) is 3.92. The number of thiophene rings is 1. The number of unbranched alkanes of at least 4 members (excludes halogenated alkanes) is 1. The van der Waals surface area contributed by atoms with Gasteiger partial charge in [0.1, 0.15) is 0 Å². The summed E-state index contributed by atoms with van der Waals surface area (Å²) in [5.74, 6) is 0. The third-order valence-electron chi connectivity index (χ3n) is 2.90. The molecule has 3 nitrogen and oxygen atoms in total. The maximum Gasteiger partial charge on any atom is 0.317 e. The van der Waals surface area contributed by atoms with Crippen LogP contribution < -0.4 is 5.32 Å². The van der Waals surface area contributed by atoms with Gasteiger partial charge < -0.3 is 10.2 Å². The van der Waals surface area contributed by atoms with Gasteiger partial charge in [0.25, 0.3) is 0 Å². The summed E-state index contributed by atoms with van der Waals surface area (Å²) >= 11 is 1.80. The SMILES string of the molecule is CCCCNC(=O)N1CCc2sccc2C1. The van der Waals surface area contributed by atoms with Crippen LogP contribution in [-0.2, 0) is 13.0 Å². The van der Waals surface area contributed by atoms with Crippen molar-refractivity contribution in [1.82, 2.24) is 10.2 Å². The monoisotopic (exact) mass is 238 g/mol. The van der Waals surface area contributed by atoms with E-state index in [4.69, 9.17) is 0 Å². The summed E-state index contributed by atoms with van der Waals surface area (Å²) < 4.78 is 0. The first-order chi connectivity index (χ1) is 7.81. The quantitative estimate of drug-likeness (QED) is 0.807. The molecule has 0 fully saturated rings. The van der Waals surface area contributed by atoms with Gasteiger partial charge in [0.05, 0.1) is 0 Å². The molecule has 0 radical (unpaired) electrons. The second-order valence-corrected chi connectivity index (χ2v) is 5.13. The highest BCUT2D eigenvalue weighted by molar-refractivity contribution is 7.10. The predicted molar refractivity (Wildman–Crippen MR) is 66.7 cm³/mol. The van der Waals surface area contributed by atoms with E-state index in [0.29, 0.717) is 0 Å². The highest BCUT2D eigenvalue weighted by Gasteiger charge is 2.20. The van der Waals surface area contributed by atoms with E-state index in [1.807, 2.05) is 4.90 Å². The van der Waals surface area contributed by atoms with Crippen molar-refractivity contribution < 1.29 is 4.79 Å². The molecule has 0 bridgehead atoms. The Labute approximate surface area is 100 Å². The number of fused-ring (bicyclic) bond motifs is 1. The van der Waals surface area contributed by atoms with E-state index < -0.39 is 0 Å². The van der Waals surface area contributed by atoms with Crippen LogP contribution in [0.2, 0.25) is 0 Å². The van der Waals surface area contributed by atoms with E-state index in [-0.39, 0.29) is 6.03 Å². The molecule has 0 aromatic carbocycles. The molecule has 1 aromatic heterocycles. The number of nitrogens with zero attached hydrogens (tertiary/aromatic N) is 1. The summed E-state index contributed by atoms with van der Waals surface area (Å²) in [6, 6.07) is 2.22. The Morgan fingerprint density at radius 2 is 2.50 bits per heavy atom. The van der Waals surface area contributed by atoms with Crippen molar-refractivity contribution in [2.45, 2.75) is 32.7 Å². The van der Waals surface area contributed by atoms with Crippen LogP contribution >= 0.6 is 11.3 Å². The lowest BCUT2D eigenvalue weighted by molar-refractivity contribution is 0.192. The fraction of sp³-hybridized carbons (Fsp3) is 0.583. The van der Waals surface area contributed by atoms with Gasteiger partial charge in [-0.1, -0.05) is 13.3 Å². The number of rotatable bonds is 3. The first kappa shape index (κ1) is 11.5. The summed E-state index contributed by atoms with van der Waals surface area (Å²) in [7, 11) is 0. The predicted octanol–water partition coefficient (Wildman–Crippen LogP) is 2.62. The van der Waals surface area contributed by atoms with E-state index in [2.05, 4.69) is 23.7 Å². The Morgan fingerprint density at radius 1 is 1.62 bits per heavy atom. The van der Waals surface area contributed by atoms with Gasteiger partial charge in [0.2, 0.25) is 0 Å². The molecular formula is C12H18N2OS. The Balaban J connectivity index is 1.86. The zero-order chi connectivity index (χ0) is 11.4. The number of hydrogen-bond acceptors (Lipinski definition) is 2. The first-order valence-corrected chi connectivity index (χ1v) is 6.77. The standard InChI is InChI=1S/C12H18N2OS/c1-2-3-6-13-12(15)14-7-4-11-10(9-14)5-8-16-11/h5,8H,2-4,6-7,9H2,1H3,(H,13,15). The lowest BCUT2D eigenvalue weighted by Gasteiger charge is -2.27. The molecule has 1 aliphatic rings. The molecule has 16 heavy (non-hydrogen) atoms. The third kappa shape index (κ3) is 2.55. The molecule has 1 aliphatic heterocycles. The van der Waals surface area contributed by atoms with Crippen molar-refractivity contribution in [3.63, 3.8) is 0 Å². The van der Waals surface area contributed by atoms with Crippen LogP contribution in [0.25, 0.3) is 0 Å². The van der Waals surface area contributed by atoms with Gasteiger partial charge in [-0.25, -0.2) is 4.79 Å². The Morgan fingerprint density at radius 3 is 3.31 bits per heavy atom. The largest absolute Gasteiger partial charge is 0.338 e. The maximum absolute atomic E-state index is 11.8. The second kappa shape index (κ2) is 5.34. The van der Waals surface area contributed by atoms with E-state index in [1.54, 1.807) is 11.3 Å². The number of carbonyl (C=O) groups excluding carboxylic acids is 1. The minimum Gasteiger partial charge on any atom is -0.338 e. The summed E-state index contributed by atoms with van der Waals surface area (Å²) in [6.45, 7) is 4.55. The molecule has 0 aliphatic carbocycles. The molecule has 2 heterocycles.